The van der Waals surface area contributed by atoms with Crippen LogP contribution in [0.3, 0.4) is 0 Å². The van der Waals surface area contributed by atoms with E-state index in [1.807, 2.05) is 23.6 Å². The highest BCUT2D eigenvalue weighted by Gasteiger charge is 2.37. The lowest BCUT2D eigenvalue weighted by Gasteiger charge is -2.38. The second kappa shape index (κ2) is 7.01. The van der Waals surface area contributed by atoms with Gasteiger partial charge in [-0.2, -0.15) is 0 Å². The maximum atomic E-state index is 12.7. The van der Waals surface area contributed by atoms with E-state index in [0.29, 0.717) is 11.8 Å². The third kappa shape index (κ3) is 4.02. The highest BCUT2D eigenvalue weighted by atomic mass is 16.2. The Morgan fingerprint density at radius 1 is 1.05 bits per heavy atom. The molecule has 0 aromatic carbocycles. The normalized spacial score (nSPS) is 23.2. The van der Waals surface area contributed by atoms with Crippen LogP contribution in [-0.4, -0.2) is 47.8 Å². The van der Waals surface area contributed by atoms with Gasteiger partial charge in [0.25, 0.3) is 0 Å². The van der Waals surface area contributed by atoms with Crippen molar-refractivity contribution in [3.05, 3.63) is 0 Å². The minimum absolute atomic E-state index is 0.0676. The maximum absolute atomic E-state index is 12.7. The van der Waals surface area contributed by atoms with Crippen LogP contribution in [0, 0.1) is 17.3 Å². The molecule has 1 atom stereocenters. The van der Waals surface area contributed by atoms with Crippen molar-refractivity contribution >= 4 is 11.8 Å². The molecule has 0 aromatic heterocycles. The summed E-state index contributed by atoms with van der Waals surface area (Å²) >= 11 is 0. The number of nitrogens with zero attached hydrogens (tertiary/aromatic N) is 2. The molecule has 1 unspecified atom stereocenters. The first-order chi connectivity index (χ1) is 10.3. The van der Waals surface area contributed by atoms with Crippen molar-refractivity contribution in [1.29, 1.82) is 0 Å². The van der Waals surface area contributed by atoms with Gasteiger partial charge in [0, 0.05) is 37.5 Å². The van der Waals surface area contributed by atoms with Crippen molar-refractivity contribution in [2.45, 2.75) is 59.8 Å². The van der Waals surface area contributed by atoms with Gasteiger partial charge in [-0.05, 0) is 38.0 Å². The van der Waals surface area contributed by atoms with Crippen LogP contribution in [0.25, 0.3) is 0 Å². The predicted octanol–water partition coefficient (Wildman–Crippen LogP) is 2.92. The number of rotatable bonds is 4. The minimum atomic E-state index is -0.307. The lowest BCUT2D eigenvalue weighted by Crippen LogP contribution is -2.45. The summed E-state index contributed by atoms with van der Waals surface area (Å²) < 4.78 is 0. The lowest BCUT2D eigenvalue weighted by molar-refractivity contribution is -0.141. The summed E-state index contributed by atoms with van der Waals surface area (Å²) in [7, 11) is 0. The largest absolute Gasteiger partial charge is 0.342 e. The van der Waals surface area contributed by atoms with E-state index in [2.05, 4.69) is 13.8 Å². The SMILES string of the molecule is CC(C)C(=O)N1CCCC(CC(C)(C)C(=O)N2CCCC2)C1. The number of hydrogen-bond donors (Lipinski definition) is 0. The number of piperidine rings is 1. The molecule has 0 radical (unpaired) electrons. The van der Waals surface area contributed by atoms with Gasteiger partial charge in [-0.1, -0.05) is 27.7 Å². The number of likely N-dealkylation sites (tertiary alicyclic amines) is 2. The molecular weight excluding hydrogens is 276 g/mol. The number of amides is 2. The van der Waals surface area contributed by atoms with Crippen LogP contribution in [0.1, 0.15) is 59.8 Å². The second-order valence-corrected chi connectivity index (χ2v) is 8.03. The van der Waals surface area contributed by atoms with E-state index >= 15 is 0 Å². The summed E-state index contributed by atoms with van der Waals surface area (Å²) in [4.78, 5) is 28.9. The van der Waals surface area contributed by atoms with Gasteiger partial charge in [-0.25, -0.2) is 0 Å². The first-order valence-corrected chi connectivity index (χ1v) is 8.89. The number of carbonyl (C=O) groups excluding carboxylic acids is 2. The van der Waals surface area contributed by atoms with Crippen LogP contribution in [0.15, 0.2) is 0 Å². The van der Waals surface area contributed by atoms with Gasteiger partial charge < -0.3 is 9.80 Å². The Bertz CT molecular complexity index is 411. The zero-order valence-corrected chi connectivity index (χ0v) is 14.7. The first kappa shape index (κ1) is 17.3. The Morgan fingerprint density at radius 2 is 1.64 bits per heavy atom. The Hall–Kier alpha value is -1.06. The molecule has 2 fully saturated rings. The van der Waals surface area contributed by atoms with Crippen LogP contribution in [0.5, 0.6) is 0 Å². The summed E-state index contributed by atoms with van der Waals surface area (Å²) in [5, 5.41) is 0. The molecule has 0 aromatic rings. The van der Waals surface area contributed by atoms with Crippen LogP contribution in [0.2, 0.25) is 0 Å². The van der Waals surface area contributed by atoms with Crippen molar-refractivity contribution in [1.82, 2.24) is 9.80 Å². The highest BCUT2D eigenvalue weighted by molar-refractivity contribution is 5.82. The Balaban J connectivity index is 1.93. The van der Waals surface area contributed by atoms with E-state index in [4.69, 9.17) is 0 Å². The van der Waals surface area contributed by atoms with Crippen LogP contribution >= 0.6 is 0 Å². The first-order valence-electron chi connectivity index (χ1n) is 8.89. The fourth-order valence-electron chi connectivity index (χ4n) is 3.95. The molecule has 2 saturated heterocycles. The third-order valence-electron chi connectivity index (χ3n) is 5.10. The minimum Gasteiger partial charge on any atom is -0.342 e. The smallest absolute Gasteiger partial charge is 0.228 e. The molecule has 126 valence electrons. The van der Waals surface area contributed by atoms with Gasteiger partial charge in [-0.15, -0.1) is 0 Å². The zero-order valence-electron chi connectivity index (χ0n) is 14.7. The molecule has 0 saturated carbocycles. The summed E-state index contributed by atoms with van der Waals surface area (Å²) in [6.07, 6.45) is 5.38. The number of carbonyl (C=O) groups is 2. The Kier molecular flexibility index (Phi) is 5.51. The number of hydrogen-bond acceptors (Lipinski definition) is 2. The quantitative estimate of drug-likeness (QED) is 0.801. The summed E-state index contributed by atoms with van der Waals surface area (Å²) in [5.41, 5.74) is -0.307. The van der Waals surface area contributed by atoms with Crippen LogP contribution < -0.4 is 0 Å². The van der Waals surface area contributed by atoms with E-state index in [-0.39, 0.29) is 17.2 Å². The van der Waals surface area contributed by atoms with Crippen LogP contribution in [0.4, 0.5) is 0 Å². The Morgan fingerprint density at radius 3 is 2.23 bits per heavy atom. The van der Waals surface area contributed by atoms with Gasteiger partial charge in [0.1, 0.15) is 0 Å². The monoisotopic (exact) mass is 308 g/mol. The molecule has 2 rings (SSSR count). The fourth-order valence-corrected chi connectivity index (χ4v) is 3.95. The molecule has 22 heavy (non-hydrogen) atoms. The van der Waals surface area contributed by atoms with Gasteiger partial charge in [0.2, 0.25) is 11.8 Å². The Labute approximate surface area is 135 Å². The topological polar surface area (TPSA) is 40.6 Å². The maximum Gasteiger partial charge on any atom is 0.228 e. The van der Waals surface area contributed by atoms with Crippen LogP contribution in [-0.2, 0) is 9.59 Å². The predicted molar refractivity (Wildman–Crippen MR) is 88.4 cm³/mol. The summed E-state index contributed by atoms with van der Waals surface area (Å²) in [6.45, 7) is 11.6. The third-order valence-corrected chi connectivity index (χ3v) is 5.10. The average molecular weight is 308 g/mol. The lowest BCUT2D eigenvalue weighted by atomic mass is 9.78. The molecule has 0 bridgehead atoms. The average Bonchev–Trinajstić information content (AvgIpc) is 2.99. The van der Waals surface area contributed by atoms with Gasteiger partial charge in [0.05, 0.1) is 0 Å². The van der Waals surface area contributed by atoms with Gasteiger partial charge >= 0.3 is 0 Å². The highest BCUT2D eigenvalue weighted by Crippen LogP contribution is 2.33. The summed E-state index contributed by atoms with van der Waals surface area (Å²) in [6, 6.07) is 0. The second-order valence-electron chi connectivity index (χ2n) is 8.03. The van der Waals surface area contributed by atoms with E-state index in [0.717, 1.165) is 58.3 Å². The molecule has 0 aliphatic carbocycles. The molecular formula is C18H32N2O2. The molecule has 2 heterocycles. The van der Waals surface area contributed by atoms with Gasteiger partial charge in [0.15, 0.2) is 0 Å². The molecule has 0 N–H and O–H groups in total. The molecule has 2 amide bonds. The molecule has 2 aliphatic heterocycles. The van der Waals surface area contributed by atoms with Crippen molar-refractivity contribution in [2.75, 3.05) is 26.2 Å². The molecule has 2 aliphatic rings. The standard InChI is InChI=1S/C18H32N2O2/c1-14(2)16(21)20-11-7-8-15(13-20)12-18(3,4)17(22)19-9-5-6-10-19/h14-15H,5-13H2,1-4H3. The molecule has 0 spiro atoms. The van der Waals surface area contributed by atoms with E-state index in [1.54, 1.807) is 0 Å². The van der Waals surface area contributed by atoms with E-state index in [9.17, 15) is 9.59 Å². The van der Waals surface area contributed by atoms with Crippen molar-refractivity contribution in [2.24, 2.45) is 17.3 Å². The van der Waals surface area contributed by atoms with Gasteiger partial charge in [-0.3, -0.25) is 9.59 Å². The molecule has 4 nitrogen and oxygen atoms in total. The molecule has 4 heteroatoms. The van der Waals surface area contributed by atoms with E-state index < -0.39 is 0 Å². The van der Waals surface area contributed by atoms with Crippen molar-refractivity contribution in [3.8, 4) is 0 Å². The van der Waals surface area contributed by atoms with Crippen molar-refractivity contribution < 1.29 is 9.59 Å². The zero-order chi connectivity index (χ0) is 16.3. The fraction of sp³-hybridized carbons (Fsp3) is 0.889. The van der Waals surface area contributed by atoms with E-state index in [1.165, 1.54) is 0 Å². The van der Waals surface area contributed by atoms with Crippen molar-refractivity contribution in [3.63, 3.8) is 0 Å². The summed E-state index contributed by atoms with van der Waals surface area (Å²) in [5.74, 6) is 1.08.